The number of hydrogen-bond acceptors (Lipinski definition) is 5. The zero-order chi connectivity index (χ0) is 18.8. The van der Waals surface area contributed by atoms with E-state index in [0.717, 1.165) is 11.1 Å². The predicted molar refractivity (Wildman–Crippen MR) is 99.8 cm³/mol. The Kier molecular flexibility index (Phi) is 6.56. The number of nitrogens with zero attached hydrogens (tertiary/aromatic N) is 1. The molecule has 27 heavy (non-hydrogen) atoms. The van der Waals surface area contributed by atoms with E-state index < -0.39 is 23.8 Å². The molecule has 3 rings (SSSR count). The van der Waals surface area contributed by atoms with E-state index in [9.17, 15) is 19.2 Å². The van der Waals surface area contributed by atoms with E-state index in [1.54, 1.807) is 12.1 Å². The quantitative estimate of drug-likeness (QED) is 0.577. The van der Waals surface area contributed by atoms with Gasteiger partial charge in [0.2, 0.25) is 17.7 Å². The summed E-state index contributed by atoms with van der Waals surface area (Å²) in [6.45, 7) is 0.634. The van der Waals surface area contributed by atoms with Gasteiger partial charge in [0.15, 0.2) is 0 Å². The standard InChI is InChI=1S/C18H22N4O4.ClH/c19-7-6-11(16(20)24)8-10-2-1-3-12-13(10)9-22(18(12)26)14-4-5-15(23)21-17(14)25;/h1-3,11,14H,4-9,19H2,(H2,20,24)(H,21,23,25);1H. The van der Waals surface area contributed by atoms with E-state index in [0.29, 0.717) is 31.4 Å². The molecule has 146 valence electrons. The van der Waals surface area contributed by atoms with Crippen LogP contribution in [0.5, 0.6) is 0 Å². The number of rotatable bonds is 6. The molecule has 0 radical (unpaired) electrons. The number of imide groups is 1. The van der Waals surface area contributed by atoms with Crippen molar-refractivity contribution in [2.45, 2.75) is 38.3 Å². The summed E-state index contributed by atoms with van der Waals surface area (Å²) >= 11 is 0. The Labute approximate surface area is 163 Å². The first kappa shape index (κ1) is 20.9. The SMILES string of the molecule is Cl.NCCC(Cc1cccc2c1CN(C1CCC(=O)NC1=O)C2=O)C(N)=O. The molecule has 1 fully saturated rings. The summed E-state index contributed by atoms with van der Waals surface area (Å²) in [5.74, 6) is -1.80. The summed E-state index contributed by atoms with van der Waals surface area (Å²) in [6, 6.07) is 4.69. The number of carbonyl (C=O) groups is 4. The maximum absolute atomic E-state index is 12.8. The molecule has 1 aromatic carbocycles. The van der Waals surface area contributed by atoms with Crippen LogP contribution in [0, 0.1) is 5.92 Å². The van der Waals surface area contributed by atoms with Crippen LogP contribution in [-0.2, 0) is 27.3 Å². The Morgan fingerprint density at radius 3 is 2.67 bits per heavy atom. The monoisotopic (exact) mass is 394 g/mol. The van der Waals surface area contributed by atoms with Crippen LogP contribution in [0.1, 0.15) is 40.7 Å². The molecule has 0 aliphatic carbocycles. The van der Waals surface area contributed by atoms with Crippen LogP contribution in [0.15, 0.2) is 18.2 Å². The third-order valence-corrected chi connectivity index (χ3v) is 5.06. The fourth-order valence-corrected chi connectivity index (χ4v) is 3.65. The minimum Gasteiger partial charge on any atom is -0.369 e. The zero-order valence-electron chi connectivity index (χ0n) is 14.8. The molecular formula is C18H23ClN4O4. The summed E-state index contributed by atoms with van der Waals surface area (Å²) in [7, 11) is 0. The molecule has 0 aromatic heterocycles. The minimum absolute atomic E-state index is 0. The first-order valence-electron chi connectivity index (χ1n) is 8.67. The van der Waals surface area contributed by atoms with Gasteiger partial charge in [-0.3, -0.25) is 24.5 Å². The Morgan fingerprint density at radius 1 is 1.30 bits per heavy atom. The average Bonchev–Trinajstić information content (AvgIpc) is 2.92. The molecule has 4 amide bonds. The molecule has 0 spiro atoms. The summed E-state index contributed by atoms with van der Waals surface area (Å²) in [6.07, 6.45) is 1.41. The second-order valence-corrected chi connectivity index (χ2v) is 6.72. The lowest BCUT2D eigenvalue weighted by atomic mass is 9.91. The van der Waals surface area contributed by atoms with Gasteiger partial charge >= 0.3 is 0 Å². The Morgan fingerprint density at radius 2 is 2.04 bits per heavy atom. The van der Waals surface area contributed by atoms with Crippen LogP contribution < -0.4 is 16.8 Å². The van der Waals surface area contributed by atoms with Crippen LogP contribution in [0.25, 0.3) is 0 Å². The van der Waals surface area contributed by atoms with E-state index in [1.165, 1.54) is 4.90 Å². The maximum atomic E-state index is 12.8. The maximum Gasteiger partial charge on any atom is 0.255 e. The fourth-order valence-electron chi connectivity index (χ4n) is 3.65. The van der Waals surface area contributed by atoms with Crippen LogP contribution in [0.2, 0.25) is 0 Å². The molecule has 0 bridgehead atoms. The van der Waals surface area contributed by atoms with Crippen molar-refractivity contribution in [1.29, 1.82) is 0 Å². The Bertz CT molecular complexity index is 783. The van der Waals surface area contributed by atoms with E-state index in [4.69, 9.17) is 11.5 Å². The Hall–Kier alpha value is -2.45. The minimum atomic E-state index is -0.656. The number of benzene rings is 1. The van der Waals surface area contributed by atoms with Gasteiger partial charge in [-0.2, -0.15) is 0 Å². The zero-order valence-corrected chi connectivity index (χ0v) is 15.6. The van der Waals surface area contributed by atoms with Crippen molar-refractivity contribution in [2.24, 2.45) is 17.4 Å². The number of amides is 4. The second kappa shape index (κ2) is 8.49. The fraction of sp³-hybridized carbons (Fsp3) is 0.444. The number of hydrogen-bond donors (Lipinski definition) is 3. The van der Waals surface area contributed by atoms with Crippen molar-refractivity contribution < 1.29 is 19.2 Å². The highest BCUT2D eigenvalue weighted by molar-refractivity contribution is 6.05. The third kappa shape index (κ3) is 4.12. The van der Waals surface area contributed by atoms with Gasteiger partial charge in [-0.05, 0) is 43.0 Å². The van der Waals surface area contributed by atoms with Crippen molar-refractivity contribution in [3.05, 3.63) is 34.9 Å². The van der Waals surface area contributed by atoms with Gasteiger partial charge in [0.05, 0.1) is 0 Å². The molecule has 2 aliphatic rings. The van der Waals surface area contributed by atoms with E-state index in [1.807, 2.05) is 6.07 Å². The molecular weight excluding hydrogens is 372 g/mol. The number of nitrogens with one attached hydrogen (secondary N) is 1. The molecule has 2 atom stereocenters. The number of carbonyl (C=O) groups excluding carboxylic acids is 4. The van der Waals surface area contributed by atoms with Crippen molar-refractivity contribution in [1.82, 2.24) is 10.2 Å². The molecule has 2 heterocycles. The van der Waals surface area contributed by atoms with E-state index in [-0.39, 0.29) is 37.2 Å². The van der Waals surface area contributed by atoms with Crippen LogP contribution in [0.3, 0.4) is 0 Å². The highest BCUT2D eigenvalue weighted by Crippen LogP contribution is 2.31. The molecule has 8 nitrogen and oxygen atoms in total. The number of nitrogens with two attached hydrogens (primary N) is 2. The third-order valence-electron chi connectivity index (χ3n) is 5.06. The first-order valence-corrected chi connectivity index (χ1v) is 8.67. The topological polar surface area (TPSA) is 136 Å². The van der Waals surface area contributed by atoms with Gasteiger partial charge in [-0.15, -0.1) is 12.4 Å². The number of halogens is 1. The average molecular weight is 395 g/mol. The van der Waals surface area contributed by atoms with Crippen molar-refractivity contribution in [3.8, 4) is 0 Å². The second-order valence-electron chi connectivity index (χ2n) is 6.72. The summed E-state index contributed by atoms with van der Waals surface area (Å²) in [5.41, 5.74) is 13.2. The van der Waals surface area contributed by atoms with Gasteiger partial charge in [-0.1, -0.05) is 12.1 Å². The molecule has 2 aliphatic heterocycles. The van der Waals surface area contributed by atoms with Gasteiger partial charge in [0.1, 0.15) is 6.04 Å². The number of fused-ring (bicyclic) bond motifs is 1. The van der Waals surface area contributed by atoms with Crippen molar-refractivity contribution >= 4 is 36.0 Å². The summed E-state index contributed by atoms with van der Waals surface area (Å²) in [4.78, 5) is 49.4. The largest absolute Gasteiger partial charge is 0.369 e. The van der Waals surface area contributed by atoms with Gasteiger partial charge < -0.3 is 16.4 Å². The van der Waals surface area contributed by atoms with E-state index >= 15 is 0 Å². The van der Waals surface area contributed by atoms with Crippen molar-refractivity contribution in [2.75, 3.05) is 6.54 Å². The highest BCUT2D eigenvalue weighted by atomic mass is 35.5. The first-order chi connectivity index (χ1) is 12.4. The van der Waals surface area contributed by atoms with Crippen LogP contribution in [-0.4, -0.2) is 41.1 Å². The predicted octanol–water partition coefficient (Wildman–Crippen LogP) is -0.138. The van der Waals surface area contributed by atoms with Gasteiger partial charge in [0, 0.05) is 24.4 Å². The molecule has 0 saturated carbocycles. The lowest BCUT2D eigenvalue weighted by Gasteiger charge is -2.29. The molecule has 9 heteroatoms. The molecule has 5 N–H and O–H groups in total. The van der Waals surface area contributed by atoms with E-state index in [2.05, 4.69) is 5.32 Å². The van der Waals surface area contributed by atoms with Crippen LogP contribution in [0.4, 0.5) is 0 Å². The number of primary amides is 1. The smallest absolute Gasteiger partial charge is 0.255 e. The summed E-state index contributed by atoms with van der Waals surface area (Å²) < 4.78 is 0. The lowest BCUT2D eigenvalue weighted by Crippen LogP contribution is -2.52. The van der Waals surface area contributed by atoms with Gasteiger partial charge in [0.25, 0.3) is 5.91 Å². The Balaban J connectivity index is 0.00000261. The summed E-state index contributed by atoms with van der Waals surface area (Å²) in [5, 5.41) is 2.29. The van der Waals surface area contributed by atoms with Crippen LogP contribution >= 0.6 is 12.4 Å². The lowest BCUT2D eigenvalue weighted by molar-refractivity contribution is -0.137. The number of piperidine rings is 1. The molecule has 1 aromatic rings. The van der Waals surface area contributed by atoms with Crippen molar-refractivity contribution in [3.63, 3.8) is 0 Å². The molecule has 1 saturated heterocycles. The molecule has 2 unspecified atom stereocenters. The normalized spacial score (nSPS) is 20.0. The van der Waals surface area contributed by atoms with Gasteiger partial charge in [-0.25, -0.2) is 0 Å². The highest BCUT2D eigenvalue weighted by Gasteiger charge is 2.39.